The normalized spacial score (nSPS) is 18.4. The summed E-state index contributed by atoms with van der Waals surface area (Å²) in [6.45, 7) is 4.30. The highest BCUT2D eigenvalue weighted by Gasteiger charge is 2.39. The summed E-state index contributed by atoms with van der Waals surface area (Å²) in [5, 5.41) is 5.48. The van der Waals surface area contributed by atoms with Crippen molar-refractivity contribution >= 4 is 21.7 Å². The molecule has 1 atom stereocenters. The Morgan fingerprint density at radius 1 is 1.30 bits per heavy atom. The molecular formula is C16H23F3N4O3S. The molecule has 7 nitrogen and oxygen atoms in total. The second-order valence-electron chi connectivity index (χ2n) is 6.62. The number of nitrogens with zero attached hydrogens (tertiary/aromatic N) is 2. The third-order valence-electron chi connectivity index (χ3n) is 4.17. The van der Waals surface area contributed by atoms with Crippen molar-refractivity contribution in [3.05, 3.63) is 23.9 Å². The number of nitrogens with one attached hydrogen (secondary N) is 2. The van der Waals surface area contributed by atoms with E-state index in [1.807, 2.05) is 0 Å². The van der Waals surface area contributed by atoms with Gasteiger partial charge in [-0.25, -0.2) is 13.4 Å². The van der Waals surface area contributed by atoms with Crippen LogP contribution in [0.4, 0.5) is 19.0 Å². The molecule has 1 aromatic heterocycles. The molecule has 0 aliphatic carbocycles. The number of anilines is 1. The van der Waals surface area contributed by atoms with E-state index >= 15 is 0 Å². The van der Waals surface area contributed by atoms with E-state index in [1.165, 1.54) is 10.4 Å². The SMILES string of the molecule is CC(C)[C@H](C(=O)NCCNc1ccc(C(F)(F)F)cn1)N1CCCS1(=O)=O. The number of carbonyl (C=O) groups is 1. The Balaban J connectivity index is 1.86. The number of pyridine rings is 1. The summed E-state index contributed by atoms with van der Waals surface area (Å²) in [5.41, 5.74) is -0.840. The molecule has 1 aromatic rings. The first-order valence-electron chi connectivity index (χ1n) is 8.57. The standard InChI is InChI=1S/C16H23F3N4O3S/c1-11(2)14(23-8-3-9-27(23,25)26)15(24)21-7-6-20-13-5-4-12(10-22-13)16(17,18)19/h4-5,10-11,14H,3,6-9H2,1-2H3,(H,20,22)(H,21,24)/t14-/m1/s1. The van der Waals surface area contributed by atoms with Gasteiger partial charge in [-0.1, -0.05) is 13.8 Å². The summed E-state index contributed by atoms with van der Waals surface area (Å²) in [6.07, 6.45) is -3.21. The number of carbonyl (C=O) groups excluding carboxylic acids is 1. The Morgan fingerprint density at radius 3 is 2.48 bits per heavy atom. The second-order valence-corrected chi connectivity index (χ2v) is 8.66. The van der Waals surface area contributed by atoms with Crippen LogP contribution in [-0.4, -0.2) is 55.0 Å². The molecule has 0 radical (unpaired) electrons. The molecular weight excluding hydrogens is 385 g/mol. The van der Waals surface area contributed by atoms with E-state index in [0.717, 1.165) is 12.3 Å². The third kappa shape index (κ3) is 5.55. The molecule has 2 N–H and O–H groups in total. The number of alkyl halides is 3. The lowest BCUT2D eigenvalue weighted by Gasteiger charge is -2.28. The van der Waals surface area contributed by atoms with Gasteiger partial charge in [0, 0.05) is 25.8 Å². The van der Waals surface area contributed by atoms with Crippen molar-refractivity contribution < 1.29 is 26.4 Å². The van der Waals surface area contributed by atoms with Gasteiger partial charge in [-0.05, 0) is 24.5 Å². The smallest absolute Gasteiger partial charge is 0.368 e. The monoisotopic (exact) mass is 408 g/mol. The molecule has 1 amide bonds. The van der Waals surface area contributed by atoms with Gasteiger partial charge in [0.1, 0.15) is 11.9 Å². The molecule has 1 fully saturated rings. The molecule has 1 saturated heterocycles. The van der Waals surface area contributed by atoms with Crippen LogP contribution in [0.25, 0.3) is 0 Å². The van der Waals surface area contributed by atoms with Crippen molar-refractivity contribution in [1.82, 2.24) is 14.6 Å². The quantitative estimate of drug-likeness (QED) is 0.670. The molecule has 0 spiro atoms. The van der Waals surface area contributed by atoms with Gasteiger partial charge in [-0.2, -0.15) is 17.5 Å². The number of halogens is 3. The number of hydrogen-bond acceptors (Lipinski definition) is 5. The van der Waals surface area contributed by atoms with Crippen molar-refractivity contribution in [3.8, 4) is 0 Å². The van der Waals surface area contributed by atoms with Gasteiger partial charge in [0.15, 0.2) is 0 Å². The van der Waals surface area contributed by atoms with E-state index in [0.29, 0.717) is 13.0 Å². The van der Waals surface area contributed by atoms with Crippen LogP contribution in [0.1, 0.15) is 25.8 Å². The predicted molar refractivity (Wildman–Crippen MR) is 94.5 cm³/mol. The molecule has 2 rings (SSSR count). The van der Waals surface area contributed by atoms with E-state index in [4.69, 9.17) is 0 Å². The maximum atomic E-state index is 12.5. The minimum Gasteiger partial charge on any atom is -0.368 e. The van der Waals surface area contributed by atoms with E-state index in [1.54, 1.807) is 13.8 Å². The Hall–Kier alpha value is -1.88. The van der Waals surface area contributed by atoms with Crippen LogP contribution >= 0.6 is 0 Å². The number of amides is 1. The molecule has 0 aromatic carbocycles. The lowest BCUT2D eigenvalue weighted by Crippen LogP contribution is -2.51. The highest BCUT2D eigenvalue weighted by molar-refractivity contribution is 7.89. The minimum atomic E-state index is -4.44. The first kappa shape index (κ1) is 21.4. The summed E-state index contributed by atoms with van der Waals surface area (Å²) in [5.74, 6) is -0.287. The zero-order valence-corrected chi connectivity index (χ0v) is 15.9. The zero-order chi connectivity index (χ0) is 20.2. The van der Waals surface area contributed by atoms with Gasteiger partial charge < -0.3 is 10.6 Å². The molecule has 1 aliphatic rings. The third-order valence-corrected chi connectivity index (χ3v) is 6.10. The van der Waals surface area contributed by atoms with Crippen LogP contribution in [0.2, 0.25) is 0 Å². The van der Waals surface area contributed by atoms with Crippen LogP contribution in [0.15, 0.2) is 18.3 Å². The van der Waals surface area contributed by atoms with Crippen molar-refractivity contribution in [2.45, 2.75) is 32.5 Å². The lowest BCUT2D eigenvalue weighted by atomic mass is 10.0. The van der Waals surface area contributed by atoms with Gasteiger partial charge in [0.2, 0.25) is 15.9 Å². The number of sulfonamides is 1. The number of aromatic nitrogens is 1. The van der Waals surface area contributed by atoms with Crippen LogP contribution in [0, 0.1) is 5.92 Å². The fourth-order valence-corrected chi connectivity index (χ4v) is 4.71. The van der Waals surface area contributed by atoms with Crippen LogP contribution < -0.4 is 10.6 Å². The molecule has 27 heavy (non-hydrogen) atoms. The zero-order valence-electron chi connectivity index (χ0n) is 15.1. The first-order chi connectivity index (χ1) is 12.5. The highest BCUT2D eigenvalue weighted by atomic mass is 32.2. The van der Waals surface area contributed by atoms with E-state index < -0.39 is 33.7 Å². The molecule has 152 valence electrons. The van der Waals surface area contributed by atoms with Crippen LogP contribution in [-0.2, 0) is 21.0 Å². The average Bonchev–Trinajstić information content (AvgIpc) is 2.90. The fourth-order valence-electron chi connectivity index (χ4n) is 2.88. The minimum absolute atomic E-state index is 0.0463. The van der Waals surface area contributed by atoms with Crippen molar-refractivity contribution in [1.29, 1.82) is 0 Å². The maximum absolute atomic E-state index is 12.5. The van der Waals surface area contributed by atoms with E-state index in [-0.39, 0.29) is 30.6 Å². The van der Waals surface area contributed by atoms with Gasteiger partial charge in [0.25, 0.3) is 0 Å². The van der Waals surface area contributed by atoms with E-state index in [9.17, 15) is 26.4 Å². The van der Waals surface area contributed by atoms with Gasteiger partial charge in [-0.3, -0.25) is 4.79 Å². The summed E-state index contributed by atoms with van der Waals surface area (Å²) >= 11 is 0. The summed E-state index contributed by atoms with van der Waals surface area (Å²) in [7, 11) is -3.41. The number of rotatable bonds is 7. The highest BCUT2D eigenvalue weighted by Crippen LogP contribution is 2.28. The van der Waals surface area contributed by atoms with Crippen molar-refractivity contribution in [3.63, 3.8) is 0 Å². The average molecular weight is 408 g/mol. The van der Waals surface area contributed by atoms with Crippen LogP contribution in [0.5, 0.6) is 0 Å². The van der Waals surface area contributed by atoms with Gasteiger partial charge in [-0.15, -0.1) is 0 Å². The Morgan fingerprint density at radius 2 is 2.00 bits per heavy atom. The van der Waals surface area contributed by atoms with Crippen molar-refractivity contribution in [2.75, 3.05) is 30.7 Å². The molecule has 0 bridgehead atoms. The van der Waals surface area contributed by atoms with E-state index in [2.05, 4.69) is 15.6 Å². The van der Waals surface area contributed by atoms with Gasteiger partial charge in [0.05, 0.1) is 11.3 Å². The summed E-state index contributed by atoms with van der Waals surface area (Å²) < 4.78 is 62.8. The van der Waals surface area contributed by atoms with Crippen LogP contribution in [0.3, 0.4) is 0 Å². The largest absolute Gasteiger partial charge is 0.417 e. The fraction of sp³-hybridized carbons (Fsp3) is 0.625. The maximum Gasteiger partial charge on any atom is 0.417 e. The Bertz CT molecular complexity index is 751. The van der Waals surface area contributed by atoms with Crippen molar-refractivity contribution in [2.24, 2.45) is 5.92 Å². The molecule has 11 heteroatoms. The molecule has 0 unspecified atom stereocenters. The Labute approximate surface area is 156 Å². The topological polar surface area (TPSA) is 91.4 Å². The summed E-state index contributed by atoms with van der Waals surface area (Å²) in [6, 6.07) is 1.35. The van der Waals surface area contributed by atoms with Gasteiger partial charge >= 0.3 is 6.18 Å². The first-order valence-corrected chi connectivity index (χ1v) is 10.2. The second kappa shape index (κ2) is 8.42. The Kier molecular flexibility index (Phi) is 6.68. The lowest BCUT2D eigenvalue weighted by molar-refractivity contribution is -0.137. The molecule has 0 saturated carbocycles. The number of hydrogen-bond donors (Lipinski definition) is 2. The molecule has 2 heterocycles. The molecule has 1 aliphatic heterocycles. The predicted octanol–water partition coefficient (Wildman–Crippen LogP) is 1.69. The summed E-state index contributed by atoms with van der Waals surface area (Å²) in [4.78, 5) is 16.1.